The molecule has 0 aromatic heterocycles. The van der Waals surface area contributed by atoms with Gasteiger partial charge < -0.3 is 4.74 Å². The van der Waals surface area contributed by atoms with Gasteiger partial charge in [-0.15, -0.1) is 11.8 Å². The summed E-state index contributed by atoms with van der Waals surface area (Å²) in [5.74, 6) is 0.915. The lowest BCUT2D eigenvalue weighted by molar-refractivity contribution is 0.418. The van der Waals surface area contributed by atoms with Gasteiger partial charge in [0.15, 0.2) is 0 Å². The summed E-state index contributed by atoms with van der Waals surface area (Å²) in [6, 6.07) is 17.0. The molecule has 0 saturated carbocycles. The first-order valence-corrected chi connectivity index (χ1v) is 9.37. The summed E-state index contributed by atoms with van der Waals surface area (Å²) in [5.41, 5.74) is 4.05. The third-order valence-corrected chi connectivity index (χ3v) is 4.98. The van der Waals surface area contributed by atoms with Gasteiger partial charge in [-0.2, -0.15) is 0 Å². The van der Waals surface area contributed by atoms with Gasteiger partial charge in [0, 0.05) is 9.64 Å². The lowest BCUT2D eigenvalue weighted by atomic mass is 9.38. The van der Waals surface area contributed by atoms with Gasteiger partial charge in [-0.25, -0.2) is 0 Å². The van der Waals surface area contributed by atoms with Gasteiger partial charge in [-0.3, -0.25) is 0 Å². The van der Waals surface area contributed by atoms with Gasteiger partial charge in [0.2, 0.25) is 6.71 Å². The molecule has 1 nitrogen and oxygen atoms in total. The van der Waals surface area contributed by atoms with Crippen LogP contribution in [-0.2, 0) is 0 Å². The summed E-state index contributed by atoms with van der Waals surface area (Å²) in [4.78, 5) is 1.29. The molecule has 0 unspecified atom stereocenters. The van der Waals surface area contributed by atoms with Crippen molar-refractivity contribution in [3.05, 3.63) is 60.1 Å². The number of ether oxygens (including phenoxy) is 1. The fourth-order valence-corrected chi connectivity index (χ4v) is 3.79. The zero-order chi connectivity index (χ0) is 17.6. The molecule has 0 fully saturated rings. The molecule has 0 aliphatic carbocycles. The lowest BCUT2D eigenvalue weighted by Crippen LogP contribution is -2.42. The van der Waals surface area contributed by atoms with Crippen LogP contribution in [0.5, 0.6) is 5.75 Å². The Hall–Kier alpha value is -1.32. The number of para-hydroxylation sites is 1. The lowest BCUT2D eigenvalue weighted by Gasteiger charge is -2.19. The molecule has 0 saturated heterocycles. The number of rotatable bonds is 6. The molecular formula is C20H24BClOS. The minimum atomic E-state index is 0.213. The van der Waals surface area contributed by atoms with Gasteiger partial charge in [0.05, 0.1) is 7.11 Å². The maximum Gasteiger partial charge on any atom is 0.217 e. The summed E-state index contributed by atoms with van der Waals surface area (Å²) in [6.45, 7) is 6.92. The molecule has 0 N–H and O–H groups in total. The van der Waals surface area contributed by atoms with E-state index >= 15 is 0 Å². The number of allylic oxidation sites excluding steroid dienone is 1. The maximum atomic E-state index is 5.78. The molecule has 0 aliphatic rings. The van der Waals surface area contributed by atoms with Crippen LogP contribution in [0.25, 0.3) is 0 Å². The molecule has 0 heterocycles. The Bertz CT molecular complexity index is 677. The zero-order valence-corrected chi connectivity index (χ0v) is 16.3. The molecule has 0 amide bonds. The standard InChI is InChI=1S/C20H24BClOS/c1-20(2,3)24-17-12-10-16(11-13-17)21(14-7-15-22)18-8-5-6-9-19(18)23-4/h5-13,15H,14H2,1-4H3. The normalized spacial score (nSPS) is 11.7. The Labute approximate surface area is 155 Å². The Morgan fingerprint density at radius 3 is 2.33 bits per heavy atom. The molecule has 0 radical (unpaired) electrons. The van der Waals surface area contributed by atoms with E-state index in [0.29, 0.717) is 0 Å². The second-order valence-electron chi connectivity index (χ2n) is 6.68. The van der Waals surface area contributed by atoms with E-state index in [-0.39, 0.29) is 11.5 Å². The highest BCUT2D eigenvalue weighted by Gasteiger charge is 2.21. The van der Waals surface area contributed by atoms with Gasteiger partial charge in [0.1, 0.15) is 5.75 Å². The van der Waals surface area contributed by atoms with Crippen LogP contribution in [-0.4, -0.2) is 18.6 Å². The molecule has 0 spiro atoms. The number of halogens is 1. The largest absolute Gasteiger partial charge is 0.497 e. The molecule has 24 heavy (non-hydrogen) atoms. The van der Waals surface area contributed by atoms with Crippen molar-refractivity contribution in [3.8, 4) is 5.75 Å². The minimum Gasteiger partial charge on any atom is -0.497 e. The second-order valence-corrected chi connectivity index (χ2v) is 8.83. The minimum absolute atomic E-state index is 0.213. The average molecular weight is 359 g/mol. The summed E-state index contributed by atoms with van der Waals surface area (Å²) >= 11 is 7.66. The molecule has 2 rings (SSSR count). The van der Waals surface area contributed by atoms with Crippen molar-refractivity contribution < 1.29 is 4.74 Å². The van der Waals surface area contributed by atoms with E-state index in [0.717, 1.165) is 12.1 Å². The number of hydrogen-bond donors (Lipinski definition) is 0. The Kier molecular flexibility index (Phi) is 6.88. The zero-order valence-electron chi connectivity index (χ0n) is 14.8. The molecule has 0 atom stereocenters. The number of hydrogen-bond acceptors (Lipinski definition) is 2. The summed E-state index contributed by atoms with van der Waals surface area (Å²) in [5, 5.41) is 0. The highest BCUT2D eigenvalue weighted by Crippen LogP contribution is 2.31. The van der Waals surface area contributed by atoms with E-state index in [1.165, 1.54) is 15.8 Å². The molecule has 2 aromatic carbocycles. The van der Waals surface area contributed by atoms with Crippen LogP contribution in [0.15, 0.2) is 65.0 Å². The first kappa shape index (κ1) is 19.0. The molecular weight excluding hydrogens is 335 g/mol. The SMILES string of the molecule is COc1ccccc1B(CC=CCl)c1ccc(SC(C)(C)C)cc1. The van der Waals surface area contributed by atoms with Gasteiger partial charge in [0.25, 0.3) is 0 Å². The third kappa shape index (κ3) is 5.36. The Balaban J connectivity index is 2.34. The van der Waals surface area contributed by atoms with Crippen molar-refractivity contribution in [2.45, 2.75) is 36.7 Å². The summed E-state index contributed by atoms with van der Waals surface area (Å²) < 4.78 is 5.77. The quantitative estimate of drug-likeness (QED) is 0.534. The molecule has 126 valence electrons. The topological polar surface area (TPSA) is 9.23 Å². The Morgan fingerprint density at radius 2 is 1.75 bits per heavy atom. The fourth-order valence-electron chi connectivity index (χ4n) is 2.71. The van der Waals surface area contributed by atoms with Crippen LogP contribution in [0.4, 0.5) is 0 Å². The highest BCUT2D eigenvalue weighted by molar-refractivity contribution is 8.00. The van der Waals surface area contributed by atoms with E-state index < -0.39 is 0 Å². The van der Waals surface area contributed by atoms with E-state index in [1.54, 1.807) is 12.6 Å². The van der Waals surface area contributed by atoms with Crippen LogP contribution in [0.3, 0.4) is 0 Å². The van der Waals surface area contributed by atoms with Crippen molar-refractivity contribution in [1.29, 1.82) is 0 Å². The van der Waals surface area contributed by atoms with Crippen molar-refractivity contribution in [2.75, 3.05) is 7.11 Å². The van der Waals surface area contributed by atoms with E-state index in [9.17, 15) is 0 Å². The second kappa shape index (κ2) is 8.69. The first-order chi connectivity index (χ1) is 11.4. The summed E-state index contributed by atoms with van der Waals surface area (Å²) in [6.07, 6.45) is 2.84. The van der Waals surface area contributed by atoms with Crippen molar-refractivity contribution in [2.24, 2.45) is 0 Å². The maximum absolute atomic E-state index is 5.78. The van der Waals surface area contributed by atoms with Gasteiger partial charge >= 0.3 is 0 Å². The highest BCUT2D eigenvalue weighted by atomic mass is 35.5. The molecule has 0 bridgehead atoms. The predicted octanol–water partition coefficient (Wildman–Crippen LogP) is 4.95. The predicted molar refractivity (Wildman–Crippen MR) is 110 cm³/mol. The fraction of sp³-hybridized carbons (Fsp3) is 0.300. The van der Waals surface area contributed by atoms with Crippen LogP contribution >= 0.6 is 23.4 Å². The average Bonchev–Trinajstić information content (AvgIpc) is 2.55. The van der Waals surface area contributed by atoms with E-state index in [2.05, 4.69) is 57.2 Å². The van der Waals surface area contributed by atoms with E-state index in [1.807, 2.05) is 30.0 Å². The van der Waals surface area contributed by atoms with Gasteiger partial charge in [-0.1, -0.05) is 74.2 Å². The van der Waals surface area contributed by atoms with Crippen molar-refractivity contribution >= 4 is 41.0 Å². The van der Waals surface area contributed by atoms with Crippen LogP contribution in [0.2, 0.25) is 6.32 Å². The third-order valence-electron chi connectivity index (χ3n) is 3.68. The summed E-state index contributed by atoms with van der Waals surface area (Å²) in [7, 11) is 1.72. The first-order valence-electron chi connectivity index (χ1n) is 8.11. The van der Waals surface area contributed by atoms with Crippen LogP contribution < -0.4 is 15.7 Å². The number of benzene rings is 2. The van der Waals surface area contributed by atoms with E-state index in [4.69, 9.17) is 16.3 Å². The van der Waals surface area contributed by atoms with Crippen molar-refractivity contribution in [1.82, 2.24) is 0 Å². The van der Waals surface area contributed by atoms with Crippen molar-refractivity contribution in [3.63, 3.8) is 0 Å². The Morgan fingerprint density at radius 1 is 1.08 bits per heavy atom. The molecule has 0 aliphatic heterocycles. The smallest absolute Gasteiger partial charge is 0.217 e. The number of methoxy groups -OCH3 is 1. The molecule has 2 aromatic rings. The monoisotopic (exact) mass is 358 g/mol. The van der Waals surface area contributed by atoms with Crippen LogP contribution in [0, 0.1) is 0 Å². The molecule has 4 heteroatoms. The number of thioether (sulfide) groups is 1. The van der Waals surface area contributed by atoms with Gasteiger partial charge in [-0.05, 0) is 35.5 Å². The van der Waals surface area contributed by atoms with Crippen LogP contribution in [0.1, 0.15) is 20.8 Å².